The van der Waals surface area contributed by atoms with E-state index in [0.717, 1.165) is 55.2 Å². The largest absolute Gasteiger partial charge is 0.347 e. The molecule has 1 amide bonds. The van der Waals surface area contributed by atoms with Crippen LogP contribution in [-0.2, 0) is 6.54 Å². The van der Waals surface area contributed by atoms with Crippen molar-refractivity contribution in [1.29, 1.82) is 0 Å². The standard InChI is InChI=1S/C21H34N6O/c1-5-10-27-17(4)20(16(3)25-27)18-13-19(24-23-18)21(28)22-15(2)14-26-11-8-6-7-9-12-26/h13,15H,5-12,14H2,1-4H3,(H,22,28)(H,23,24). The van der Waals surface area contributed by atoms with Gasteiger partial charge in [-0.15, -0.1) is 0 Å². The van der Waals surface area contributed by atoms with Crippen molar-refractivity contribution in [3.8, 4) is 11.3 Å². The molecule has 3 rings (SSSR count). The lowest BCUT2D eigenvalue weighted by molar-refractivity contribution is 0.0924. The number of aryl methyl sites for hydroxylation is 2. The van der Waals surface area contributed by atoms with E-state index in [9.17, 15) is 4.79 Å². The Kier molecular flexibility index (Phi) is 6.88. The zero-order chi connectivity index (χ0) is 20.1. The first-order chi connectivity index (χ1) is 13.5. The number of likely N-dealkylation sites (tertiary alicyclic amines) is 1. The molecule has 3 heterocycles. The van der Waals surface area contributed by atoms with Gasteiger partial charge in [0.15, 0.2) is 0 Å². The number of nitrogens with one attached hydrogen (secondary N) is 2. The van der Waals surface area contributed by atoms with E-state index in [2.05, 4.69) is 46.3 Å². The lowest BCUT2D eigenvalue weighted by Gasteiger charge is -2.24. The number of H-pyrrole nitrogens is 1. The van der Waals surface area contributed by atoms with Crippen LogP contribution >= 0.6 is 0 Å². The van der Waals surface area contributed by atoms with E-state index in [1.165, 1.54) is 25.7 Å². The van der Waals surface area contributed by atoms with Crippen molar-refractivity contribution in [2.45, 2.75) is 72.4 Å². The quantitative estimate of drug-likeness (QED) is 0.765. The molecule has 0 bridgehead atoms. The van der Waals surface area contributed by atoms with E-state index in [4.69, 9.17) is 0 Å². The third-order valence-electron chi connectivity index (χ3n) is 5.50. The summed E-state index contributed by atoms with van der Waals surface area (Å²) in [5.41, 5.74) is 4.33. The van der Waals surface area contributed by atoms with Crippen molar-refractivity contribution in [3.63, 3.8) is 0 Å². The number of aromatic amines is 1. The monoisotopic (exact) mass is 386 g/mol. The summed E-state index contributed by atoms with van der Waals surface area (Å²) in [6, 6.07) is 1.94. The van der Waals surface area contributed by atoms with Crippen LogP contribution in [0.1, 0.15) is 67.8 Å². The summed E-state index contributed by atoms with van der Waals surface area (Å²) in [7, 11) is 0. The first-order valence-electron chi connectivity index (χ1n) is 10.6. The average molecular weight is 387 g/mol. The summed E-state index contributed by atoms with van der Waals surface area (Å²) in [6.07, 6.45) is 6.19. The fourth-order valence-corrected chi connectivity index (χ4v) is 4.12. The van der Waals surface area contributed by atoms with Crippen molar-refractivity contribution in [3.05, 3.63) is 23.1 Å². The highest BCUT2D eigenvalue weighted by Crippen LogP contribution is 2.26. The molecule has 0 spiro atoms. The minimum atomic E-state index is -0.0997. The van der Waals surface area contributed by atoms with Gasteiger partial charge in [-0.25, -0.2) is 0 Å². The van der Waals surface area contributed by atoms with Crippen LogP contribution in [0.5, 0.6) is 0 Å². The summed E-state index contributed by atoms with van der Waals surface area (Å²) in [5.74, 6) is -0.0997. The summed E-state index contributed by atoms with van der Waals surface area (Å²) in [5, 5.41) is 15.0. The van der Waals surface area contributed by atoms with Gasteiger partial charge in [-0.05, 0) is 59.2 Å². The van der Waals surface area contributed by atoms with Crippen LogP contribution in [0.2, 0.25) is 0 Å². The van der Waals surface area contributed by atoms with Gasteiger partial charge < -0.3 is 10.2 Å². The van der Waals surface area contributed by atoms with Gasteiger partial charge in [0.05, 0.1) is 11.4 Å². The molecule has 0 saturated carbocycles. The Morgan fingerprint density at radius 1 is 1.25 bits per heavy atom. The van der Waals surface area contributed by atoms with E-state index >= 15 is 0 Å². The van der Waals surface area contributed by atoms with Gasteiger partial charge in [-0.3, -0.25) is 14.6 Å². The molecule has 0 aliphatic carbocycles. The maximum atomic E-state index is 12.7. The fourth-order valence-electron chi connectivity index (χ4n) is 4.12. The molecule has 2 aromatic rings. The molecule has 7 nitrogen and oxygen atoms in total. The zero-order valence-corrected chi connectivity index (χ0v) is 17.7. The number of hydrogen-bond donors (Lipinski definition) is 2. The van der Waals surface area contributed by atoms with E-state index in [-0.39, 0.29) is 11.9 Å². The van der Waals surface area contributed by atoms with Gasteiger partial charge in [-0.2, -0.15) is 10.2 Å². The molecule has 1 aliphatic heterocycles. The molecule has 1 atom stereocenters. The van der Waals surface area contributed by atoms with Gasteiger partial charge in [-0.1, -0.05) is 19.8 Å². The third-order valence-corrected chi connectivity index (χ3v) is 5.50. The molecule has 1 saturated heterocycles. The predicted octanol–water partition coefficient (Wildman–Crippen LogP) is 3.29. The van der Waals surface area contributed by atoms with Crippen LogP contribution in [-0.4, -0.2) is 56.5 Å². The van der Waals surface area contributed by atoms with E-state index in [1.54, 1.807) is 0 Å². The second kappa shape index (κ2) is 9.37. The summed E-state index contributed by atoms with van der Waals surface area (Å²) in [4.78, 5) is 15.1. The van der Waals surface area contributed by atoms with Crippen LogP contribution in [0.15, 0.2) is 6.07 Å². The second-order valence-corrected chi connectivity index (χ2v) is 8.03. The van der Waals surface area contributed by atoms with Crippen LogP contribution in [0.3, 0.4) is 0 Å². The van der Waals surface area contributed by atoms with E-state index in [1.807, 2.05) is 17.7 Å². The van der Waals surface area contributed by atoms with Gasteiger partial charge in [0.2, 0.25) is 0 Å². The maximum Gasteiger partial charge on any atom is 0.269 e. The zero-order valence-electron chi connectivity index (χ0n) is 17.7. The molecule has 1 fully saturated rings. The summed E-state index contributed by atoms with van der Waals surface area (Å²) >= 11 is 0. The number of carbonyl (C=O) groups is 1. The van der Waals surface area contributed by atoms with Gasteiger partial charge in [0, 0.05) is 30.4 Å². The Morgan fingerprint density at radius 2 is 1.96 bits per heavy atom. The highest BCUT2D eigenvalue weighted by molar-refractivity contribution is 5.93. The van der Waals surface area contributed by atoms with Crippen LogP contribution in [0.25, 0.3) is 11.3 Å². The van der Waals surface area contributed by atoms with Crippen molar-refractivity contribution < 1.29 is 4.79 Å². The molecule has 28 heavy (non-hydrogen) atoms. The molecule has 0 radical (unpaired) electrons. The smallest absolute Gasteiger partial charge is 0.269 e. The van der Waals surface area contributed by atoms with Crippen LogP contribution < -0.4 is 5.32 Å². The topological polar surface area (TPSA) is 78.8 Å². The van der Waals surface area contributed by atoms with Gasteiger partial charge in [0.1, 0.15) is 5.69 Å². The average Bonchev–Trinajstić information content (AvgIpc) is 3.12. The number of aromatic nitrogens is 4. The first-order valence-corrected chi connectivity index (χ1v) is 10.6. The predicted molar refractivity (Wildman–Crippen MR) is 111 cm³/mol. The molecule has 7 heteroatoms. The van der Waals surface area contributed by atoms with Gasteiger partial charge in [0.25, 0.3) is 5.91 Å². The number of rotatable bonds is 7. The molecule has 1 aliphatic rings. The fraction of sp³-hybridized carbons (Fsp3) is 0.667. The number of hydrogen-bond acceptors (Lipinski definition) is 4. The second-order valence-electron chi connectivity index (χ2n) is 8.03. The molecule has 2 aromatic heterocycles. The molecule has 1 unspecified atom stereocenters. The molecular weight excluding hydrogens is 352 g/mol. The van der Waals surface area contributed by atoms with Crippen LogP contribution in [0, 0.1) is 13.8 Å². The third kappa shape index (κ3) is 4.82. The number of nitrogens with zero attached hydrogens (tertiary/aromatic N) is 4. The van der Waals surface area contributed by atoms with Crippen molar-refractivity contribution in [2.75, 3.05) is 19.6 Å². The van der Waals surface area contributed by atoms with Crippen LogP contribution in [0.4, 0.5) is 0 Å². The Bertz CT molecular complexity index is 785. The number of amides is 1. The SMILES string of the molecule is CCCn1nc(C)c(-c2cc(C(=O)NC(C)CN3CCCCCC3)[nH]n2)c1C. The minimum Gasteiger partial charge on any atom is -0.347 e. The Balaban J connectivity index is 1.64. The van der Waals surface area contributed by atoms with Crippen molar-refractivity contribution in [1.82, 2.24) is 30.2 Å². The normalized spacial score (nSPS) is 16.7. The Hall–Kier alpha value is -2.15. The van der Waals surface area contributed by atoms with Crippen molar-refractivity contribution >= 4 is 5.91 Å². The van der Waals surface area contributed by atoms with E-state index in [0.29, 0.717) is 5.69 Å². The highest BCUT2D eigenvalue weighted by atomic mass is 16.2. The van der Waals surface area contributed by atoms with Crippen molar-refractivity contribution in [2.24, 2.45) is 0 Å². The minimum absolute atomic E-state index is 0.0997. The first kappa shape index (κ1) is 20.6. The summed E-state index contributed by atoms with van der Waals surface area (Å²) in [6.45, 7) is 12.3. The van der Waals surface area contributed by atoms with E-state index < -0.39 is 0 Å². The Labute approximate surface area is 167 Å². The van der Waals surface area contributed by atoms with Gasteiger partial charge >= 0.3 is 0 Å². The molecule has 2 N–H and O–H groups in total. The summed E-state index contributed by atoms with van der Waals surface area (Å²) < 4.78 is 2.02. The Morgan fingerprint density at radius 3 is 2.64 bits per heavy atom. The maximum absolute atomic E-state index is 12.7. The molecule has 0 aromatic carbocycles. The number of carbonyl (C=O) groups excluding carboxylic acids is 1. The molecule has 154 valence electrons. The molecular formula is C21H34N6O. The lowest BCUT2D eigenvalue weighted by atomic mass is 10.1. The highest BCUT2D eigenvalue weighted by Gasteiger charge is 2.20. The lowest BCUT2D eigenvalue weighted by Crippen LogP contribution is -2.42.